The summed E-state index contributed by atoms with van der Waals surface area (Å²) >= 11 is 0. The van der Waals surface area contributed by atoms with Crippen molar-refractivity contribution in [1.82, 2.24) is 0 Å². The van der Waals surface area contributed by atoms with Crippen LogP contribution >= 0.6 is 0 Å². The van der Waals surface area contributed by atoms with Crippen LogP contribution in [0.4, 0.5) is 32.0 Å². The van der Waals surface area contributed by atoms with Crippen molar-refractivity contribution in [2.45, 2.75) is 17.2 Å². The summed E-state index contributed by atoms with van der Waals surface area (Å²) in [5.74, 6) is -0.823. The third kappa shape index (κ3) is 5.01. The van der Waals surface area contributed by atoms with Crippen LogP contribution in [0.2, 0.25) is 0 Å². The predicted molar refractivity (Wildman–Crippen MR) is 82.7 cm³/mol. The number of nitro groups is 1. The molecule has 0 aliphatic heterocycles. The van der Waals surface area contributed by atoms with E-state index in [0.29, 0.717) is 12.1 Å². The minimum Gasteiger partial charge on any atom is -0.378 e. The number of hydrogen-bond acceptors (Lipinski definition) is 6. The summed E-state index contributed by atoms with van der Waals surface area (Å²) in [5.41, 5.74) is -5.08. The van der Waals surface area contributed by atoms with E-state index < -0.39 is 60.4 Å². The number of benzene rings is 2. The first-order chi connectivity index (χ1) is 13.1. The Bertz CT molecular complexity index is 1050. The minimum atomic E-state index is -5.30. The summed E-state index contributed by atoms with van der Waals surface area (Å²) in [6.07, 6.45) is -10.6. The minimum absolute atomic E-state index is 0.0366. The van der Waals surface area contributed by atoms with Gasteiger partial charge < -0.3 is 4.18 Å². The first-order valence-corrected chi connectivity index (χ1v) is 8.53. The first-order valence-electron chi connectivity index (χ1n) is 7.13. The molecule has 2 rings (SSSR count). The van der Waals surface area contributed by atoms with Crippen LogP contribution in [0.1, 0.15) is 21.5 Å². The van der Waals surface area contributed by atoms with Gasteiger partial charge in [0.2, 0.25) is 0 Å². The molecule has 0 radical (unpaired) electrons. The zero-order chi connectivity index (χ0) is 22.2. The number of carbonyl (C=O) groups excluding carboxylic acids is 1. The number of carbonyl (C=O) groups is 1. The van der Waals surface area contributed by atoms with Gasteiger partial charge in [-0.15, -0.1) is 0 Å². The van der Waals surface area contributed by atoms with E-state index in [9.17, 15) is 49.7 Å². The monoisotopic (exact) mass is 443 g/mol. The fourth-order valence-electron chi connectivity index (χ4n) is 2.05. The second-order valence-corrected chi connectivity index (χ2v) is 6.92. The summed E-state index contributed by atoms with van der Waals surface area (Å²) in [6, 6.07) is 1.59. The van der Waals surface area contributed by atoms with Gasteiger partial charge in [0.25, 0.3) is 5.69 Å². The lowest BCUT2D eigenvalue weighted by Gasteiger charge is -2.15. The Hall–Kier alpha value is -3.16. The summed E-state index contributed by atoms with van der Waals surface area (Å²) in [6.45, 7) is 0. The van der Waals surface area contributed by atoms with Crippen LogP contribution in [-0.2, 0) is 22.5 Å². The first kappa shape index (κ1) is 22.1. The smallest absolute Gasteiger partial charge is 0.378 e. The van der Waals surface area contributed by atoms with Crippen molar-refractivity contribution < 1.29 is 48.7 Å². The van der Waals surface area contributed by atoms with Crippen LogP contribution in [0.3, 0.4) is 0 Å². The molecule has 0 N–H and O–H groups in total. The van der Waals surface area contributed by atoms with Crippen LogP contribution in [-0.4, -0.2) is 19.6 Å². The average molecular weight is 443 g/mol. The van der Waals surface area contributed by atoms with E-state index in [1.54, 1.807) is 0 Å². The van der Waals surface area contributed by atoms with Crippen LogP contribution in [0, 0.1) is 10.1 Å². The summed E-state index contributed by atoms with van der Waals surface area (Å²) in [7, 11) is -5.27. The molecular formula is C15H7F6NO6S. The Labute approximate surface area is 157 Å². The molecule has 0 aliphatic carbocycles. The van der Waals surface area contributed by atoms with Crippen molar-refractivity contribution in [3.05, 3.63) is 63.2 Å². The maximum absolute atomic E-state index is 12.9. The highest BCUT2D eigenvalue weighted by Gasteiger charge is 2.38. The molecule has 14 heteroatoms. The molecule has 2 aromatic rings. The van der Waals surface area contributed by atoms with Crippen LogP contribution in [0.25, 0.3) is 0 Å². The Kier molecular flexibility index (Phi) is 5.61. The van der Waals surface area contributed by atoms with Crippen molar-refractivity contribution in [2.75, 3.05) is 0 Å². The maximum Gasteiger partial charge on any atom is 0.416 e. The lowest BCUT2D eigenvalue weighted by Crippen LogP contribution is -2.16. The molecule has 0 amide bonds. The molecule has 0 saturated heterocycles. The second-order valence-electron chi connectivity index (χ2n) is 5.38. The normalized spacial score (nSPS) is 12.5. The van der Waals surface area contributed by atoms with Crippen molar-refractivity contribution in [3.8, 4) is 5.75 Å². The van der Waals surface area contributed by atoms with Gasteiger partial charge in [-0.3, -0.25) is 14.9 Å². The van der Waals surface area contributed by atoms with E-state index >= 15 is 0 Å². The van der Waals surface area contributed by atoms with Gasteiger partial charge in [0, 0.05) is 12.1 Å². The molecule has 0 aromatic heterocycles. The van der Waals surface area contributed by atoms with Crippen LogP contribution in [0.5, 0.6) is 5.75 Å². The lowest BCUT2D eigenvalue weighted by atomic mass is 10.1. The maximum atomic E-state index is 12.9. The van der Waals surface area contributed by atoms with Gasteiger partial charge in [0.1, 0.15) is 4.90 Å². The summed E-state index contributed by atoms with van der Waals surface area (Å²) < 4.78 is 106. The zero-order valence-corrected chi connectivity index (χ0v) is 14.4. The zero-order valence-electron chi connectivity index (χ0n) is 13.6. The molecular weight excluding hydrogens is 436 g/mol. The predicted octanol–water partition coefficient (Wildman–Crippen LogP) is 4.21. The van der Waals surface area contributed by atoms with Crippen LogP contribution < -0.4 is 4.18 Å². The number of nitro benzene ring substituents is 1. The average Bonchev–Trinajstić information content (AvgIpc) is 2.59. The molecule has 0 saturated carbocycles. The van der Waals surface area contributed by atoms with Gasteiger partial charge in [-0.1, -0.05) is 0 Å². The number of hydrogen-bond donors (Lipinski definition) is 0. The van der Waals surface area contributed by atoms with Crippen LogP contribution in [0.15, 0.2) is 41.3 Å². The van der Waals surface area contributed by atoms with E-state index in [2.05, 4.69) is 4.18 Å². The standard InChI is InChI=1S/C15H7F6NO6S/c16-14(17,18)9-4-10(15(19,20)21)6-12(5-9)29(26,27)28-13-2-1-11(22(24)25)3-8(13)7-23/h1-7H. The number of non-ortho nitro benzene ring substituents is 1. The van der Waals surface area contributed by atoms with Gasteiger partial charge in [-0.05, 0) is 24.3 Å². The molecule has 0 spiro atoms. The lowest BCUT2D eigenvalue weighted by molar-refractivity contribution is -0.384. The molecule has 0 bridgehead atoms. The molecule has 156 valence electrons. The van der Waals surface area contributed by atoms with Crippen molar-refractivity contribution in [3.63, 3.8) is 0 Å². The van der Waals surface area contributed by atoms with Gasteiger partial charge in [0.05, 0.1) is 21.6 Å². The fraction of sp³-hybridized carbons (Fsp3) is 0.133. The van der Waals surface area contributed by atoms with E-state index in [1.165, 1.54) is 0 Å². The highest BCUT2D eigenvalue weighted by atomic mass is 32.2. The third-order valence-corrected chi connectivity index (χ3v) is 4.59. The van der Waals surface area contributed by atoms with Crippen molar-refractivity contribution in [1.29, 1.82) is 0 Å². The fourth-order valence-corrected chi connectivity index (χ4v) is 3.08. The molecule has 0 fully saturated rings. The van der Waals surface area contributed by atoms with Gasteiger partial charge in [-0.25, -0.2) is 0 Å². The van der Waals surface area contributed by atoms with Crippen molar-refractivity contribution >= 4 is 22.1 Å². The molecule has 2 aromatic carbocycles. The van der Waals surface area contributed by atoms with Gasteiger partial charge in [-0.2, -0.15) is 34.8 Å². The highest BCUT2D eigenvalue weighted by molar-refractivity contribution is 7.87. The van der Waals surface area contributed by atoms with Gasteiger partial charge in [0.15, 0.2) is 12.0 Å². The summed E-state index contributed by atoms with van der Waals surface area (Å²) in [5, 5.41) is 10.7. The molecule has 0 atom stereocenters. The second kappa shape index (κ2) is 7.35. The molecule has 0 aliphatic rings. The summed E-state index contributed by atoms with van der Waals surface area (Å²) in [4.78, 5) is 19.3. The Balaban J connectivity index is 2.59. The number of alkyl halides is 6. The van der Waals surface area contributed by atoms with Crippen molar-refractivity contribution in [2.24, 2.45) is 0 Å². The van der Waals surface area contributed by atoms with E-state index in [4.69, 9.17) is 0 Å². The quantitative estimate of drug-likeness (QED) is 0.226. The number of nitrogens with zero attached hydrogens (tertiary/aromatic N) is 1. The Morgan fingerprint density at radius 1 is 0.931 bits per heavy atom. The Morgan fingerprint density at radius 2 is 1.45 bits per heavy atom. The van der Waals surface area contributed by atoms with Gasteiger partial charge >= 0.3 is 22.5 Å². The third-order valence-electron chi connectivity index (χ3n) is 3.38. The molecule has 0 heterocycles. The largest absolute Gasteiger partial charge is 0.416 e. The van der Waals surface area contributed by atoms with E-state index in [0.717, 1.165) is 6.07 Å². The number of rotatable bonds is 5. The van der Waals surface area contributed by atoms with E-state index in [1.807, 2.05) is 0 Å². The number of aldehydes is 1. The Morgan fingerprint density at radius 3 is 1.86 bits per heavy atom. The SMILES string of the molecule is O=Cc1cc([N+](=O)[O-])ccc1OS(=O)(=O)c1cc(C(F)(F)F)cc(C(F)(F)F)c1. The van der Waals surface area contributed by atoms with E-state index in [-0.39, 0.29) is 24.5 Å². The number of halogens is 6. The molecule has 0 unspecified atom stereocenters. The molecule has 29 heavy (non-hydrogen) atoms. The topological polar surface area (TPSA) is 104 Å². The highest BCUT2D eigenvalue weighted by Crippen LogP contribution is 2.38. The molecule has 7 nitrogen and oxygen atoms in total.